The highest BCUT2D eigenvalue weighted by atomic mass is 19.4. The second-order valence-electron chi connectivity index (χ2n) is 5.57. The minimum Gasteiger partial charge on any atom is -0.481 e. The summed E-state index contributed by atoms with van der Waals surface area (Å²) in [5.41, 5.74) is 0. The van der Waals surface area contributed by atoms with Gasteiger partial charge in [0.25, 0.3) is 0 Å². The smallest absolute Gasteiger partial charge is 0.391 e. The lowest BCUT2D eigenvalue weighted by Crippen LogP contribution is -2.44. The van der Waals surface area contributed by atoms with Crippen LogP contribution in [0, 0.1) is 23.7 Å². The van der Waals surface area contributed by atoms with Gasteiger partial charge in [-0.05, 0) is 25.2 Å². The molecular formula is C13H16F3NO3. The lowest BCUT2D eigenvalue weighted by molar-refractivity contribution is -0.150. The van der Waals surface area contributed by atoms with Crippen molar-refractivity contribution in [3.05, 3.63) is 12.2 Å². The van der Waals surface area contributed by atoms with Gasteiger partial charge < -0.3 is 10.4 Å². The number of amides is 1. The van der Waals surface area contributed by atoms with Crippen molar-refractivity contribution >= 4 is 11.9 Å². The molecule has 0 saturated heterocycles. The summed E-state index contributed by atoms with van der Waals surface area (Å²) >= 11 is 0. The molecule has 2 aliphatic carbocycles. The average molecular weight is 291 g/mol. The van der Waals surface area contributed by atoms with E-state index in [2.05, 4.69) is 5.32 Å². The van der Waals surface area contributed by atoms with Crippen LogP contribution in [-0.2, 0) is 9.59 Å². The van der Waals surface area contributed by atoms with Crippen LogP contribution in [0.2, 0.25) is 0 Å². The molecule has 2 aliphatic rings. The van der Waals surface area contributed by atoms with E-state index in [0.29, 0.717) is 6.42 Å². The first-order valence-electron chi connectivity index (χ1n) is 6.47. The quantitative estimate of drug-likeness (QED) is 0.778. The molecule has 1 fully saturated rings. The topological polar surface area (TPSA) is 66.4 Å². The predicted molar refractivity (Wildman–Crippen MR) is 63.6 cm³/mol. The number of hydrogen-bond acceptors (Lipinski definition) is 2. The maximum absolute atomic E-state index is 12.2. The fraction of sp³-hybridized carbons (Fsp3) is 0.692. The zero-order valence-electron chi connectivity index (χ0n) is 10.9. The summed E-state index contributed by atoms with van der Waals surface area (Å²) in [6, 6.07) is -1.06. The molecule has 7 heteroatoms. The van der Waals surface area contributed by atoms with Crippen LogP contribution in [0.4, 0.5) is 13.2 Å². The number of alkyl halides is 3. The fourth-order valence-corrected chi connectivity index (χ4v) is 3.25. The molecule has 0 aromatic carbocycles. The maximum atomic E-state index is 12.2. The minimum absolute atomic E-state index is 0.181. The number of carboxylic acids is 1. The molecule has 2 rings (SSSR count). The van der Waals surface area contributed by atoms with Crippen LogP contribution in [0.5, 0.6) is 0 Å². The van der Waals surface area contributed by atoms with E-state index in [1.165, 1.54) is 6.92 Å². The Bertz CT molecular complexity index is 447. The van der Waals surface area contributed by atoms with Gasteiger partial charge in [-0.2, -0.15) is 13.2 Å². The summed E-state index contributed by atoms with van der Waals surface area (Å²) in [5, 5.41) is 11.5. The van der Waals surface area contributed by atoms with E-state index in [0.717, 1.165) is 0 Å². The van der Waals surface area contributed by atoms with Gasteiger partial charge in [0.15, 0.2) is 0 Å². The molecule has 1 saturated carbocycles. The van der Waals surface area contributed by atoms with Gasteiger partial charge in [0.1, 0.15) is 0 Å². The van der Waals surface area contributed by atoms with Crippen molar-refractivity contribution < 1.29 is 27.9 Å². The Morgan fingerprint density at radius 1 is 1.30 bits per heavy atom. The number of carbonyl (C=O) groups is 2. The predicted octanol–water partition coefficient (Wildman–Crippen LogP) is 1.97. The van der Waals surface area contributed by atoms with Gasteiger partial charge in [-0.1, -0.05) is 12.2 Å². The first-order chi connectivity index (χ1) is 9.19. The first kappa shape index (κ1) is 14.9. The molecule has 2 N–H and O–H groups in total. The van der Waals surface area contributed by atoms with Crippen LogP contribution in [0.25, 0.3) is 0 Å². The number of allylic oxidation sites excluding steroid dienone is 2. The van der Waals surface area contributed by atoms with Gasteiger partial charge in [0.2, 0.25) is 5.91 Å². The van der Waals surface area contributed by atoms with Crippen molar-refractivity contribution in [2.24, 2.45) is 23.7 Å². The van der Waals surface area contributed by atoms with Crippen LogP contribution in [0.1, 0.15) is 19.8 Å². The normalized spacial score (nSPS) is 33.2. The molecule has 0 heterocycles. The lowest BCUT2D eigenvalue weighted by atomic mass is 9.82. The molecular weight excluding hydrogens is 275 g/mol. The first-order valence-corrected chi connectivity index (χ1v) is 6.47. The van der Waals surface area contributed by atoms with Gasteiger partial charge >= 0.3 is 12.1 Å². The second kappa shape index (κ2) is 5.10. The van der Waals surface area contributed by atoms with Crippen molar-refractivity contribution in [1.82, 2.24) is 5.32 Å². The fourth-order valence-electron chi connectivity index (χ4n) is 3.25. The number of nitrogens with one attached hydrogen (secondary N) is 1. The lowest BCUT2D eigenvalue weighted by Gasteiger charge is -2.26. The van der Waals surface area contributed by atoms with Gasteiger partial charge in [0.05, 0.1) is 18.3 Å². The van der Waals surface area contributed by atoms with Gasteiger partial charge in [0, 0.05) is 6.04 Å². The highest BCUT2D eigenvalue weighted by Gasteiger charge is 2.51. The Kier molecular flexibility index (Phi) is 3.80. The highest BCUT2D eigenvalue weighted by Crippen LogP contribution is 2.48. The molecule has 1 amide bonds. The van der Waals surface area contributed by atoms with Crippen LogP contribution in [0.3, 0.4) is 0 Å². The highest BCUT2D eigenvalue weighted by molar-refractivity contribution is 5.87. The Hall–Kier alpha value is -1.53. The Morgan fingerprint density at radius 3 is 2.35 bits per heavy atom. The summed E-state index contributed by atoms with van der Waals surface area (Å²) in [6.45, 7) is 1.27. The molecule has 5 unspecified atom stereocenters. The van der Waals surface area contributed by atoms with Crippen molar-refractivity contribution in [3.63, 3.8) is 0 Å². The maximum Gasteiger partial charge on any atom is 0.391 e. The molecule has 0 radical (unpaired) electrons. The third-order valence-electron chi connectivity index (χ3n) is 3.97. The number of carboxylic acid groups (broad SMARTS) is 1. The van der Waals surface area contributed by atoms with Crippen molar-refractivity contribution in [3.8, 4) is 0 Å². The molecule has 5 atom stereocenters. The van der Waals surface area contributed by atoms with E-state index >= 15 is 0 Å². The van der Waals surface area contributed by atoms with Crippen LogP contribution < -0.4 is 5.32 Å². The summed E-state index contributed by atoms with van der Waals surface area (Å²) in [6.07, 6.45) is -1.31. The molecule has 4 nitrogen and oxygen atoms in total. The average Bonchev–Trinajstić information content (AvgIpc) is 2.84. The molecule has 20 heavy (non-hydrogen) atoms. The zero-order chi connectivity index (χ0) is 15.1. The van der Waals surface area contributed by atoms with Crippen molar-refractivity contribution in [2.45, 2.75) is 32.0 Å². The molecule has 112 valence electrons. The van der Waals surface area contributed by atoms with Crippen molar-refractivity contribution in [1.29, 1.82) is 0 Å². The number of rotatable bonds is 4. The SMILES string of the molecule is CC(CC(F)(F)F)NC(=O)C1C2C=CC(C2)C1C(=O)O. The van der Waals surface area contributed by atoms with E-state index in [1.807, 2.05) is 0 Å². The minimum atomic E-state index is -4.35. The van der Waals surface area contributed by atoms with Crippen LogP contribution in [-0.4, -0.2) is 29.2 Å². The number of hydrogen-bond donors (Lipinski definition) is 2. The standard InChI is InChI=1S/C13H16F3NO3/c1-6(5-13(14,15)16)17-11(18)9-7-2-3-8(4-7)10(9)12(19)20/h2-3,6-10H,4-5H2,1H3,(H,17,18)(H,19,20). The Labute approximate surface area is 114 Å². The summed E-state index contributed by atoms with van der Waals surface area (Å²) in [7, 11) is 0. The second-order valence-corrected chi connectivity index (χ2v) is 5.57. The number of aliphatic carboxylic acids is 1. The Morgan fingerprint density at radius 2 is 1.85 bits per heavy atom. The number of carbonyl (C=O) groups excluding carboxylic acids is 1. The number of halogens is 3. The molecule has 0 aromatic heterocycles. The van der Waals surface area contributed by atoms with E-state index in [4.69, 9.17) is 0 Å². The van der Waals surface area contributed by atoms with E-state index < -0.39 is 42.4 Å². The molecule has 2 bridgehead atoms. The van der Waals surface area contributed by atoms with Gasteiger partial charge in [-0.25, -0.2) is 0 Å². The van der Waals surface area contributed by atoms with E-state index in [1.54, 1.807) is 12.2 Å². The van der Waals surface area contributed by atoms with Gasteiger partial charge in [-0.3, -0.25) is 9.59 Å². The largest absolute Gasteiger partial charge is 0.481 e. The summed E-state index contributed by atoms with van der Waals surface area (Å²) < 4.78 is 36.7. The monoisotopic (exact) mass is 291 g/mol. The molecule has 0 aliphatic heterocycles. The van der Waals surface area contributed by atoms with E-state index in [9.17, 15) is 27.9 Å². The molecule has 0 spiro atoms. The third-order valence-corrected chi connectivity index (χ3v) is 3.97. The third kappa shape index (κ3) is 2.96. The summed E-state index contributed by atoms with van der Waals surface area (Å²) in [4.78, 5) is 23.3. The number of fused-ring (bicyclic) bond motifs is 2. The van der Waals surface area contributed by atoms with Crippen LogP contribution >= 0.6 is 0 Å². The van der Waals surface area contributed by atoms with Gasteiger partial charge in [-0.15, -0.1) is 0 Å². The Balaban J connectivity index is 2.02. The van der Waals surface area contributed by atoms with E-state index in [-0.39, 0.29) is 11.8 Å². The van der Waals surface area contributed by atoms with Crippen molar-refractivity contribution in [2.75, 3.05) is 0 Å². The molecule has 0 aromatic rings. The zero-order valence-corrected chi connectivity index (χ0v) is 10.9. The summed E-state index contributed by atoms with van der Waals surface area (Å²) in [5.74, 6) is -3.62. The van der Waals surface area contributed by atoms with Crippen LogP contribution in [0.15, 0.2) is 12.2 Å².